The molecule has 624 valence electrons. The molecule has 0 radical (unpaired) electrons. The summed E-state index contributed by atoms with van der Waals surface area (Å²) in [5, 5.41) is 7.31. The van der Waals surface area contributed by atoms with E-state index in [1.807, 2.05) is 30.7 Å². The molecular weight excluding hydrogens is 1770 g/mol. The third-order valence-corrected chi connectivity index (χ3v) is 29.0. The van der Waals surface area contributed by atoms with Crippen LogP contribution in [0.15, 0.2) is 383 Å². The van der Waals surface area contributed by atoms with Crippen molar-refractivity contribution in [2.75, 3.05) is 0 Å². The molecule has 0 spiro atoms. The first-order chi connectivity index (χ1) is 63.7. The minimum atomic E-state index is -0.253. The van der Waals surface area contributed by atoms with Gasteiger partial charge in [-0.1, -0.05) is 320 Å². The van der Waals surface area contributed by atoms with Crippen molar-refractivity contribution in [2.45, 2.75) is 83.5 Å². The van der Waals surface area contributed by atoms with E-state index in [0.717, 1.165) is 132 Å². The summed E-state index contributed by atoms with van der Waals surface area (Å²) < 4.78 is 7.66. The number of hydrogen-bond acceptors (Lipinski definition) is 3. The van der Waals surface area contributed by atoms with Crippen molar-refractivity contribution in [1.82, 2.24) is 28.7 Å². The van der Waals surface area contributed by atoms with Crippen LogP contribution < -0.4 is 0 Å². The zero-order valence-corrected chi connectivity index (χ0v) is 76.1. The van der Waals surface area contributed by atoms with Crippen molar-refractivity contribution < 1.29 is 20.1 Å². The Bertz CT molecular complexity index is 8140. The van der Waals surface area contributed by atoms with Crippen LogP contribution in [0.4, 0.5) is 0 Å². The van der Waals surface area contributed by atoms with E-state index in [0.29, 0.717) is 0 Å². The Morgan fingerprint density at radius 1 is 0.229 bits per heavy atom. The van der Waals surface area contributed by atoms with Crippen LogP contribution in [0, 0.1) is 18.2 Å². The first-order valence-corrected chi connectivity index (χ1v) is 45.6. The zero-order valence-electron chi connectivity index (χ0n) is 73.7. The minimum absolute atomic E-state index is 0. The van der Waals surface area contributed by atoms with Crippen molar-refractivity contribution in [3.8, 4) is 129 Å². The molecule has 0 N–H and O–H groups in total. The summed E-state index contributed by atoms with van der Waals surface area (Å²) in [4.78, 5) is 15.2. The van der Waals surface area contributed by atoms with Crippen molar-refractivity contribution in [1.29, 1.82) is 0 Å². The molecule has 6 nitrogen and oxygen atoms in total. The third-order valence-electron chi connectivity index (χ3n) is 29.0. The van der Waals surface area contributed by atoms with Crippen LogP contribution in [0.2, 0.25) is 0 Å². The van der Waals surface area contributed by atoms with Gasteiger partial charge in [0.2, 0.25) is 0 Å². The molecule has 22 aromatic rings. The number of fused-ring (bicyclic) bond motifs is 18. The Kier molecular flexibility index (Phi) is 18.7. The fourth-order valence-electron chi connectivity index (χ4n) is 22.5. The molecule has 0 saturated carbocycles. The molecule has 0 saturated heterocycles. The molecule has 0 atom stereocenters. The van der Waals surface area contributed by atoms with Crippen molar-refractivity contribution in [3.63, 3.8) is 0 Å². The fourth-order valence-corrected chi connectivity index (χ4v) is 22.5. The van der Waals surface area contributed by atoms with Crippen LogP contribution >= 0.6 is 0 Å². The van der Waals surface area contributed by atoms with E-state index in [-0.39, 0.29) is 36.4 Å². The molecule has 0 bridgehead atoms. The van der Waals surface area contributed by atoms with Gasteiger partial charge in [0.15, 0.2) is 0 Å². The quantitative estimate of drug-likeness (QED) is 0.0906. The first-order valence-electron chi connectivity index (χ1n) is 45.6. The predicted molar refractivity (Wildman–Crippen MR) is 538 cm³/mol. The van der Waals surface area contributed by atoms with Gasteiger partial charge in [0.05, 0.1) is 33.1 Å². The van der Waals surface area contributed by atoms with Gasteiger partial charge in [-0.3, -0.25) is 0 Å². The van der Waals surface area contributed by atoms with Gasteiger partial charge in [-0.15, -0.1) is 82.4 Å². The van der Waals surface area contributed by atoms with Gasteiger partial charge in [-0.2, -0.15) is 0 Å². The average Bonchev–Trinajstić information content (AvgIpc) is 1.55. The average molecular weight is 1860 g/mol. The van der Waals surface area contributed by atoms with E-state index < -0.39 is 0 Å². The summed E-state index contributed by atoms with van der Waals surface area (Å²) in [6, 6.07) is 147. The van der Waals surface area contributed by atoms with Gasteiger partial charge < -0.3 is 28.7 Å². The van der Waals surface area contributed by atoms with Crippen LogP contribution in [-0.4, -0.2) is 28.7 Å². The Morgan fingerprint density at radius 3 is 1.05 bits per heavy atom. The Balaban J connectivity index is 0.00000949. The maximum absolute atomic E-state index is 5.23. The number of para-hydroxylation sites is 3. The molecule has 6 heterocycles. The van der Waals surface area contributed by atoms with Crippen LogP contribution in [0.3, 0.4) is 0 Å². The summed E-state index contributed by atoms with van der Waals surface area (Å²) >= 11 is 0. The summed E-state index contributed by atoms with van der Waals surface area (Å²) in [5.74, 6) is 0. The Morgan fingerprint density at radius 2 is 0.595 bits per heavy atom. The first kappa shape index (κ1) is 79.4. The number of aromatic nitrogens is 6. The molecule has 7 heteroatoms. The van der Waals surface area contributed by atoms with Gasteiger partial charge >= 0.3 is 20.1 Å². The number of nitrogens with zero attached hydrogens (tertiary/aromatic N) is 6. The number of benzene rings is 16. The van der Waals surface area contributed by atoms with Gasteiger partial charge in [-0.05, 0) is 231 Å². The standard InChI is InChI=1S/C124H89N6.Ir/c1-122(2)104-38-18-12-32-91(104)98-71-101-94-35-15-21-43-113(94)128(119(101)74-107(98)122)116-68-85(110-41-24-26-61-125-110)56-54-82(116)48-46-77-64-78(47-49-83-55-57-86(111-42-25-27-62-126-111)69-117(83)129-114-44-22-16-36-95(114)102-72-99-92-33-13-19-39-105(92)123(3,4)108(99)75-120(102)129)66-88(65-77)89-30-10-11-31-90(89)97-59-58-87(112-67-84(60-63-127-112)81-52-50-80(51-53-81)79-28-8-7-9-29-79)70-118(97)130-115-45-23-17-37-96(115)103-73-100-93-34-14-20-40-106(93)124(5,6)109(100)76-121(103)130;/h7-45,50-55,59-76H,46-49H2,1-6H3;/q-3;+3. The fraction of sp³-hybridized carbons (Fsp3) is 0.105. The monoisotopic (exact) mass is 1850 g/mol. The molecule has 0 aliphatic heterocycles. The van der Waals surface area contributed by atoms with E-state index in [9.17, 15) is 0 Å². The Labute approximate surface area is 776 Å². The second-order valence-electron chi connectivity index (χ2n) is 37.4. The molecule has 131 heavy (non-hydrogen) atoms. The third kappa shape index (κ3) is 12.8. The topological polar surface area (TPSA) is 53.5 Å². The molecule has 16 aromatic carbocycles. The van der Waals surface area contributed by atoms with Gasteiger partial charge in [0.25, 0.3) is 0 Å². The predicted octanol–water partition coefficient (Wildman–Crippen LogP) is 30.7. The van der Waals surface area contributed by atoms with Crippen LogP contribution in [0.25, 0.3) is 194 Å². The maximum Gasteiger partial charge on any atom is 3.00 e. The Hall–Kier alpha value is -15.0. The SMILES string of the molecule is CC1(C)c2ccccc2-c2cc3c4ccccc4n(-c4cc(-c5ccccn5)[c-]cc4CCc4cc(CCc5c[c-]c(-c6ccccn6)cc5-n5c6ccccc6c6cc7c(cc65)C(C)(C)c5ccccc5-7)cc(-c5ccccc5-c5c[c-]c(-c6cc(-c7ccc(-c8ccccc8)cc7)ccn6)cc5-n5c6ccccc6c6cc7c(cc65)C(C)(C)c5ccccc5-7)c4)c3cc21.[Ir+3]. The van der Waals surface area contributed by atoms with Gasteiger partial charge in [0, 0.05) is 67.2 Å². The summed E-state index contributed by atoms with van der Waals surface area (Å²) in [6.45, 7) is 14.3. The van der Waals surface area contributed by atoms with Gasteiger partial charge in [0.1, 0.15) is 0 Å². The molecular formula is C124H89IrN6. The van der Waals surface area contributed by atoms with E-state index in [1.54, 1.807) is 0 Å². The molecule has 0 unspecified atom stereocenters. The van der Waals surface area contributed by atoms with Crippen molar-refractivity contribution in [2.24, 2.45) is 0 Å². The van der Waals surface area contributed by atoms with Crippen molar-refractivity contribution >= 4 is 65.4 Å². The normalized spacial score (nSPS) is 13.5. The number of pyridine rings is 3. The molecule has 6 aromatic heterocycles. The number of aryl methyl sites for hydroxylation is 4. The number of rotatable bonds is 16. The summed E-state index contributed by atoms with van der Waals surface area (Å²) in [5.41, 5.74) is 44.7. The molecule has 3 aliphatic carbocycles. The smallest absolute Gasteiger partial charge is 0.327 e. The minimum Gasteiger partial charge on any atom is -0.327 e. The van der Waals surface area contributed by atoms with Crippen LogP contribution in [-0.2, 0) is 62.0 Å². The van der Waals surface area contributed by atoms with Gasteiger partial charge in [-0.25, -0.2) is 0 Å². The van der Waals surface area contributed by atoms with E-state index in [2.05, 4.69) is 425 Å². The van der Waals surface area contributed by atoms with E-state index in [1.165, 1.54) is 143 Å². The van der Waals surface area contributed by atoms with E-state index in [4.69, 9.17) is 15.0 Å². The number of hydrogen-bond donors (Lipinski definition) is 0. The maximum atomic E-state index is 5.23. The summed E-state index contributed by atoms with van der Waals surface area (Å²) in [6.07, 6.45) is 8.64. The van der Waals surface area contributed by atoms with Crippen LogP contribution in [0.5, 0.6) is 0 Å². The summed E-state index contributed by atoms with van der Waals surface area (Å²) in [7, 11) is 0. The molecule has 0 fully saturated rings. The molecule has 0 amide bonds. The molecule has 25 rings (SSSR count). The van der Waals surface area contributed by atoms with E-state index >= 15 is 0 Å². The van der Waals surface area contributed by atoms with Crippen molar-refractivity contribution in [3.05, 3.63) is 456 Å². The molecule has 3 aliphatic rings. The second kappa shape index (κ2) is 30.9. The van der Waals surface area contributed by atoms with Crippen LogP contribution in [0.1, 0.15) is 97.2 Å². The largest absolute Gasteiger partial charge is 3.00 e. The second-order valence-corrected chi connectivity index (χ2v) is 37.4. The zero-order chi connectivity index (χ0) is 86.8.